The molecule has 2 rings (SSSR count). The maximum Gasteiger partial charge on any atom is 0.253 e. The number of carbonyl (C=O) groups is 1. The van der Waals surface area contributed by atoms with Crippen molar-refractivity contribution in [2.45, 2.75) is 52.1 Å². The van der Waals surface area contributed by atoms with E-state index in [1.165, 1.54) is 38.8 Å². The highest BCUT2D eigenvalue weighted by atomic mass is 127. The predicted molar refractivity (Wildman–Crippen MR) is 137 cm³/mol. The minimum atomic E-state index is 0. The molecule has 6 nitrogen and oxygen atoms in total. The Morgan fingerprint density at radius 3 is 2.20 bits per heavy atom. The van der Waals surface area contributed by atoms with Gasteiger partial charge in [0.15, 0.2) is 5.96 Å². The molecule has 30 heavy (non-hydrogen) atoms. The molecule has 0 aromatic heterocycles. The van der Waals surface area contributed by atoms with Crippen LogP contribution in [0.15, 0.2) is 29.3 Å². The normalized spacial score (nSPS) is 15.6. The summed E-state index contributed by atoms with van der Waals surface area (Å²) in [4.78, 5) is 20.6. The standard InChI is InChI=1S/C23H39N5O.HI/c1-6-19(7-2)21(28-14-8-9-15-28)17-26-23(24-3)25-16-18-10-12-20(13-11-18)22(29)27(4)5;/h10-13,19,21H,6-9,14-17H2,1-5H3,(H2,24,25,26);1H. The third kappa shape index (κ3) is 7.72. The lowest BCUT2D eigenvalue weighted by Crippen LogP contribution is -2.49. The van der Waals surface area contributed by atoms with Gasteiger partial charge < -0.3 is 15.5 Å². The second-order valence-electron chi connectivity index (χ2n) is 8.09. The van der Waals surface area contributed by atoms with Gasteiger partial charge in [0.2, 0.25) is 0 Å². The van der Waals surface area contributed by atoms with Crippen LogP contribution in [0.4, 0.5) is 0 Å². The first-order chi connectivity index (χ1) is 14.0. The first-order valence-corrected chi connectivity index (χ1v) is 11.0. The number of amides is 1. The van der Waals surface area contributed by atoms with E-state index in [0.29, 0.717) is 24.1 Å². The molecule has 170 valence electrons. The number of guanidine groups is 1. The molecule has 2 N–H and O–H groups in total. The number of aliphatic imine (C=N–C) groups is 1. The van der Waals surface area contributed by atoms with Crippen LogP contribution in [0.2, 0.25) is 0 Å². The Bertz CT molecular complexity index is 650. The van der Waals surface area contributed by atoms with Gasteiger partial charge in [-0.2, -0.15) is 0 Å². The van der Waals surface area contributed by atoms with Crippen molar-refractivity contribution in [2.75, 3.05) is 40.8 Å². The van der Waals surface area contributed by atoms with Crippen LogP contribution in [0.25, 0.3) is 0 Å². The molecule has 0 aliphatic carbocycles. The zero-order valence-electron chi connectivity index (χ0n) is 19.3. The van der Waals surface area contributed by atoms with Crippen molar-refractivity contribution in [1.82, 2.24) is 20.4 Å². The highest BCUT2D eigenvalue weighted by Gasteiger charge is 2.27. The molecule has 0 spiro atoms. The molecule has 0 bridgehead atoms. The number of hydrogen-bond acceptors (Lipinski definition) is 3. The summed E-state index contributed by atoms with van der Waals surface area (Å²) >= 11 is 0. The minimum absolute atomic E-state index is 0. The zero-order chi connectivity index (χ0) is 21.2. The van der Waals surface area contributed by atoms with Gasteiger partial charge in [-0.05, 0) is 49.5 Å². The summed E-state index contributed by atoms with van der Waals surface area (Å²) in [5.41, 5.74) is 1.83. The van der Waals surface area contributed by atoms with Crippen LogP contribution in [-0.4, -0.2) is 68.5 Å². The van der Waals surface area contributed by atoms with Gasteiger partial charge in [-0.1, -0.05) is 38.8 Å². The fourth-order valence-electron chi connectivity index (χ4n) is 4.13. The van der Waals surface area contributed by atoms with Crippen molar-refractivity contribution in [3.63, 3.8) is 0 Å². The predicted octanol–water partition coefficient (Wildman–Crippen LogP) is 3.57. The molecule has 0 radical (unpaired) electrons. The SMILES string of the molecule is CCC(CC)C(CNC(=NC)NCc1ccc(C(=O)N(C)C)cc1)N1CCCC1.I. The van der Waals surface area contributed by atoms with Crippen LogP contribution < -0.4 is 10.6 Å². The number of benzene rings is 1. The highest BCUT2D eigenvalue weighted by molar-refractivity contribution is 14.0. The Labute approximate surface area is 199 Å². The molecule has 1 aliphatic heterocycles. The third-order valence-electron chi connectivity index (χ3n) is 5.97. The molecule has 1 aromatic carbocycles. The molecule has 0 saturated carbocycles. The molecule has 1 aliphatic rings. The number of nitrogens with zero attached hydrogens (tertiary/aromatic N) is 3. The molecule has 1 aromatic rings. The van der Waals surface area contributed by atoms with E-state index < -0.39 is 0 Å². The second kappa shape index (κ2) is 13.9. The van der Waals surface area contributed by atoms with Crippen LogP contribution >= 0.6 is 24.0 Å². The summed E-state index contributed by atoms with van der Waals surface area (Å²) in [7, 11) is 5.35. The number of rotatable bonds is 9. The Morgan fingerprint density at radius 2 is 1.70 bits per heavy atom. The topological polar surface area (TPSA) is 60.0 Å². The van der Waals surface area contributed by atoms with E-state index in [-0.39, 0.29) is 29.9 Å². The van der Waals surface area contributed by atoms with Crippen molar-refractivity contribution in [3.8, 4) is 0 Å². The maximum absolute atomic E-state index is 12.0. The second-order valence-corrected chi connectivity index (χ2v) is 8.09. The van der Waals surface area contributed by atoms with Gasteiger partial charge in [-0.25, -0.2) is 0 Å². The minimum Gasteiger partial charge on any atom is -0.355 e. The largest absolute Gasteiger partial charge is 0.355 e. The number of halogens is 1. The van der Waals surface area contributed by atoms with E-state index in [0.717, 1.165) is 18.1 Å². The fraction of sp³-hybridized carbons (Fsp3) is 0.652. The molecule has 1 unspecified atom stereocenters. The molecule has 1 heterocycles. The highest BCUT2D eigenvalue weighted by Crippen LogP contribution is 2.22. The Kier molecular flexibility index (Phi) is 12.3. The van der Waals surface area contributed by atoms with Crippen LogP contribution in [0.5, 0.6) is 0 Å². The molecular formula is C23H40IN5O. The van der Waals surface area contributed by atoms with Crippen molar-refractivity contribution in [1.29, 1.82) is 0 Å². The monoisotopic (exact) mass is 529 g/mol. The summed E-state index contributed by atoms with van der Waals surface area (Å²) in [5.74, 6) is 1.56. The Morgan fingerprint density at radius 1 is 1.10 bits per heavy atom. The average molecular weight is 530 g/mol. The van der Waals surface area contributed by atoms with Gasteiger partial charge in [0.1, 0.15) is 0 Å². The van der Waals surface area contributed by atoms with E-state index in [4.69, 9.17) is 0 Å². The summed E-state index contributed by atoms with van der Waals surface area (Å²) in [6, 6.07) is 8.31. The maximum atomic E-state index is 12.0. The smallest absolute Gasteiger partial charge is 0.253 e. The van der Waals surface area contributed by atoms with Crippen molar-refractivity contribution >= 4 is 35.8 Å². The van der Waals surface area contributed by atoms with E-state index in [1.54, 1.807) is 19.0 Å². The molecule has 7 heteroatoms. The summed E-state index contributed by atoms with van der Waals surface area (Å²) in [6.07, 6.45) is 5.05. The first kappa shape index (κ1) is 26.7. The summed E-state index contributed by atoms with van der Waals surface area (Å²) < 4.78 is 0. The molecule has 1 saturated heterocycles. The van der Waals surface area contributed by atoms with Crippen LogP contribution in [0.3, 0.4) is 0 Å². The molecule has 1 fully saturated rings. The third-order valence-corrected chi connectivity index (χ3v) is 5.97. The van der Waals surface area contributed by atoms with E-state index in [2.05, 4.69) is 34.4 Å². The van der Waals surface area contributed by atoms with Crippen LogP contribution in [0, 0.1) is 5.92 Å². The Balaban J connectivity index is 0.00000450. The lowest BCUT2D eigenvalue weighted by atomic mass is 9.93. The van der Waals surface area contributed by atoms with Crippen molar-refractivity contribution in [2.24, 2.45) is 10.9 Å². The van der Waals surface area contributed by atoms with Gasteiger partial charge in [0.05, 0.1) is 0 Å². The Hall–Kier alpha value is -1.35. The average Bonchev–Trinajstić information content (AvgIpc) is 3.27. The van der Waals surface area contributed by atoms with Crippen LogP contribution in [0.1, 0.15) is 55.5 Å². The van der Waals surface area contributed by atoms with Crippen LogP contribution in [-0.2, 0) is 6.54 Å². The summed E-state index contributed by atoms with van der Waals surface area (Å²) in [6.45, 7) is 8.63. The van der Waals surface area contributed by atoms with Crippen molar-refractivity contribution < 1.29 is 4.79 Å². The number of likely N-dealkylation sites (tertiary alicyclic amines) is 1. The molecular weight excluding hydrogens is 489 g/mol. The first-order valence-electron chi connectivity index (χ1n) is 11.0. The number of carbonyl (C=O) groups excluding carboxylic acids is 1. The lowest BCUT2D eigenvalue weighted by Gasteiger charge is -2.34. The zero-order valence-corrected chi connectivity index (χ0v) is 21.6. The van der Waals surface area contributed by atoms with Gasteiger partial charge >= 0.3 is 0 Å². The molecule has 1 amide bonds. The van der Waals surface area contributed by atoms with Gasteiger partial charge in [-0.3, -0.25) is 14.7 Å². The van der Waals surface area contributed by atoms with Gasteiger partial charge in [0.25, 0.3) is 5.91 Å². The summed E-state index contributed by atoms with van der Waals surface area (Å²) in [5, 5.41) is 6.95. The van der Waals surface area contributed by atoms with Gasteiger partial charge in [0, 0.05) is 45.8 Å². The number of nitrogens with one attached hydrogen (secondary N) is 2. The van der Waals surface area contributed by atoms with Crippen molar-refractivity contribution in [3.05, 3.63) is 35.4 Å². The number of hydrogen-bond donors (Lipinski definition) is 2. The molecule has 1 atom stereocenters. The fourth-order valence-corrected chi connectivity index (χ4v) is 4.13. The van der Waals surface area contributed by atoms with Gasteiger partial charge in [-0.15, -0.1) is 24.0 Å². The van der Waals surface area contributed by atoms with E-state index in [9.17, 15) is 4.79 Å². The van der Waals surface area contributed by atoms with E-state index >= 15 is 0 Å². The van der Waals surface area contributed by atoms with E-state index in [1.807, 2.05) is 31.3 Å². The lowest BCUT2D eigenvalue weighted by molar-refractivity contribution is 0.0827. The quantitative estimate of drug-likeness (QED) is 0.292.